The fraction of sp³-hybridized carbons (Fsp3) is 0.130. The Hall–Kier alpha value is -4.16. The summed E-state index contributed by atoms with van der Waals surface area (Å²) < 4.78 is 33.8. The fourth-order valence-corrected chi connectivity index (χ4v) is 4.56. The molecular formula is C23H17ClFN5O5S. The highest BCUT2D eigenvalue weighted by Gasteiger charge is 2.27. The standard InChI is InChI=1S/C23H17ClFN5O5S/c1-33-21-20(15-8-19(31)29(10-16(15)25)11-18-26-5-7-35-18)28-30(23(32)13-4-6-34-12-13)22(21)27-9-14-2-3-17(24)36-14/h2-8,10,12,27H,9,11H2,1H3. The number of carbonyl (C=O) groups excluding carboxylic acids is 1. The van der Waals surface area contributed by atoms with Gasteiger partial charge >= 0.3 is 0 Å². The summed E-state index contributed by atoms with van der Waals surface area (Å²) in [6, 6.07) is 6.14. The van der Waals surface area contributed by atoms with E-state index in [1.807, 2.05) is 6.07 Å². The minimum Gasteiger partial charge on any atom is -0.491 e. The van der Waals surface area contributed by atoms with E-state index in [9.17, 15) is 9.59 Å². The van der Waals surface area contributed by atoms with Gasteiger partial charge in [-0.1, -0.05) is 11.6 Å². The molecule has 0 atom stereocenters. The maximum Gasteiger partial charge on any atom is 0.283 e. The summed E-state index contributed by atoms with van der Waals surface area (Å²) >= 11 is 7.38. The number of aromatic nitrogens is 4. The third-order valence-electron chi connectivity index (χ3n) is 5.19. The smallest absolute Gasteiger partial charge is 0.283 e. The molecule has 10 nitrogen and oxygen atoms in total. The van der Waals surface area contributed by atoms with Gasteiger partial charge in [0.2, 0.25) is 5.89 Å². The molecule has 5 rings (SSSR count). The number of carbonyl (C=O) groups is 1. The monoisotopic (exact) mass is 529 g/mol. The Bertz CT molecular complexity index is 1570. The highest BCUT2D eigenvalue weighted by molar-refractivity contribution is 7.16. The number of pyridine rings is 1. The summed E-state index contributed by atoms with van der Waals surface area (Å²) in [5.74, 6) is -0.795. The highest BCUT2D eigenvalue weighted by Crippen LogP contribution is 2.38. The van der Waals surface area contributed by atoms with Crippen molar-refractivity contribution in [2.24, 2.45) is 0 Å². The van der Waals surface area contributed by atoms with Gasteiger partial charge in [-0.3, -0.25) is 9.59 Å². The molecule has 0 saturated heterocycles. The average Bonchev–Trinajstić information content (AvgIpc) is 3.67. The lowest BCUT2D eigenvalue weighted by Crippen LogP contribution is -2.21. The van der Waals surface area contributed by atoms with Gasteiger partial charge in [0.05, 0.1) is 36.0 Å². The molecule has 5 aromatic rings. The number of anilines is 1. The molecule has 184 valence electrons. The number of hydrogen-bond donors (Lipinski definition) is 1. The van der Waals surface area contributed by atoms with E-state index >= 15 is 4.39 Å². The second kappa shape index (κ2) is 9.84. The van der Waals surface area contributed by atoms with Crippen molar-refractivity contribution >= 4 is 34.7 Å². The quantitative estimate of drug-likeness (QED) is 0.312. The number of hydrogen-bond acceptors (Lipinski definition) is 9. The molecule has 0 aliphatic carbocycles. The van der Waals surface area contributed by atoms with Gasteiger partial charge in [-0.15, -0.1) is 11.3 Å². The number of methoxy groups -OCH3 is 1. The number of nitrogens with zero attached hydrogens (tertiary/aromatic N) is 4. The lowest BCUT2D eigenvalue weighted by Gasteiger charge is -2.10. The van der Waals surface area contributed by atoms with Crippen molar-refractivity contribution in [3.05, 3.63) is 92.3 Å². The zero-order valence-electron chi connectivity index (χ0n) is 18.6. The van der Waals surface area contributed by atoms with E-state index in [0.29, 0.717) is 4.34 Å². The topological polar surface area (TPSA) is 117 Å². The third kappa shape index (κ3) is 4.55. The normalized spacial score (nSPS) is 11.1. The van der Waals surface area contributed by atoms with Crippen LogP contribution in [0.1, 0.15) is 21.1 Å². The maximum atomic E-state index is 15.3. The summed E-state index contributed by atoms with van der Waals surface area (Å²) in [6.45, 7) is 0.238. The van der Waals surface area contributed by atoms with Crippen LogP contribution in [-0.4, -0.2) is 32.3 Å². The summed E-state index contributed by atoms with van der Waals surface area (Å²) in [6.07, 6.45) is 6.43. The Kier molecular flexibility index (Phi) is 6.44. The molecule has 0 saturated carbocycles. The first-order chi connectivity index (χ1) is 17.4. The first-order valence-corrected chi connectivity index (χ1v) is 11.6. The molecule has 1 N–H and O–H groups in total. The number of ether oxygens (including phenoxy) is 1. The van der Waals surface area contributed by atoms with Crippen LogP contribution in [0, 0.1) is 5.82 Å². The number of furan rings is 1. The first-order valence-electron chi connectivity index (χ1n) is 10.5. The summed E-state index contributed by atoms with van der Waals surface area (Å²) in [5.41, 5.74) is -0.471. The number of thiophene rings is 1. The van der Waals surface area contributed by atoms with Crippen molar-refractivity contribution in [1.82, 2.24) is 19.3 Å². The Labute approximate surface area is 211 Å². The minimum absolute atomic E-state index is 0.0288. The van der Waals surface area contributed by atoms with Crippen LogP contribution in [0.15, 0.2) is 69.1 Å². The Morgan fingerprint density at radius 3 is 2.83 bits per heavy atom. The van der Waals surface area contributed by atoms with Crippen LogP contribution in [0.4, 0.5) is 10.2 Å². The predicted molar refractivity (Wildman–Crippen MR) is 129 cm³/mol. The molecule has 0 amide bonds. The van der Waals surface area contributed by atoms with E-state index in [2.05, 4.69) is 15.4 Å². The van der Waals surface area contributed by atoms with Crippen molar-refractivity contribution in [3.8, 4) is 17.0 Å². The van der Waals surface area contributed by atoms with Crippen molar-refractivity contribution in [3.63, 3.8) is 0 Å². The zero-order chi connectivity index (χ0) is 25.2. The van der Waals surface area contributed by atoms with Crippen LogP contribution in [0.2, 0.25) is 4.34 Å². The van der Waals surface area contributed by atoms with Gasteiger partial charge < -0.3 is 23.5 Å². The first kappa shape index (κ1) is 23.6. The van der Waals surface area contributed by atoms with Crippen LogP contribution in [0.25, 0.3) is 11.3 Å². The summed E-state index contributed by atoms with van der Waals surface area (Å²) in [4.78, 5) is 30.8. The van der Waals surface area contributed by atoms with Gasteiger partial charge in [0.1, 0.15) is 30.6 Å². The molecule has 0 aliphatic rings. The van der Waals surface area contributed by atoms with E-state index in [-0.39, 0.29) is 47.4 Å². The molecular weight excluding hydrogens is 513 g/mol. The van der Waals surface area contributed by atoms with Gasteiger partial charge in [-0.2, -0.15) is 9.78 Å². The minimum atomic E-state index is -0.753. The van der Waals surface area contributed by atoms with Gasteiger partial charge in [0.15, 0.2) is 11.6 Å². The van der Waals surface area contributed by atoms with Crippen LogP contribution in [0.3, 0.4) is 0 Å². The van der Waals surface area contributed by atoms with Crippen LogP contribution in [0.5, 0.6) is 5.75 Å². The van der Waals surface area contributed by atoms with Crippen molar-refractivity contribution < 1.29 is 22.8 Å². The highest BCUT2D eigenvalue weighted by atomic mass is 35.5. The van der Waals surface area contributed by atoms with E-state index < -0.39 is 17.3 Å². The molecule has 13 heteroatoms. The Morgan fingerprint density at radius 1 is 1.31 bits per heavy atom. The van der Waals surface area contributed by atoms with Crippen molar-refractivity contribution in [1.29, 1.82) is 0 Å². The molecule has 5 heterocycles. The van der Waals surface area contributed by atoms with E-state index in [1.165, 1.54) is 49.5 Å². The third-order valence-corrected chi connectivity index (χ3v) is 6.42. The van der Waals surface area contributed by atoms with Crippen LogP contribution in [-0.2, 0) is 13.1 Å². The maximum absolute atomic E-state index is 15.3. The number of oxazole rings is 1. The lowest BCUT2D eigenvalue weighted by molar-refractivity contribution is 0.0947. The second-order valence-electron chi connectivity index (χ2n) is 7.45. The molecule has 0 bridgehead atoms. The molecule has 0 aromatic carbocycles. The van der Waals surface area contributed by atoms with Gasteiger partial charge in [0.25, 0.3) is 11.5 Å². The zero-order valence-corrected chi connectivity index (χ0v) is 20.2. The molecule has 5 aromatic heterocycles. The van der Waals surface area contributed by atoms with Crippen LogP contribution >= 0.6 is 22.9 Å². The lowest BCUT2D eigenvalue weighted by atomic mass is 10.1. The summed E-state index contributed by atoms with van der Waals surface area (Å²) in [5, 5.41) is 7.45. The van der Waals surface area contributed by atoms with Gasteiger partial charge in [-0.05, 0) is 18.2 Å². The largest absolute Gasteiger partial charge is 0.491 e. The van der Waals surface area contributed by atoms with E-state index in [4.69, 9.17) is 25.2 Å². The molecule has 0 fully saturated rings. The van der Waals surface area contributed by atoms with E-state index in [0.717, 1.165) is 26.4 Å². The Balaban J connectivity index is 1.58. The van der Waals surface area contributed by atoms with Crippen molar-refractivity contribution in [2.45, 2.75) is 13.1 Å². The molecule has 0 radical (unpaired) electrons. The number of rotatable bonds is 8. The molecule has 0 unspecified atom stereocenters. The molecule has 0 spiro atoms. The SMILES string of the molecule is COc1c(-c2cc(=O)n(Cc3ncco3)cc2F)nn(C(=O)c2ccoc2)c1NCc1ccc(Cl)s1. The average molecular weight is 530 g/mol. The molecule has 0 aliphatic heterocycles. The summed E-state index contributed by atoms with van der Waals surface area (Å²) in [7, 11) is 1.36. The van der Waals surface area contributed by atoms with Gasteiger partial charge in [-0.25, -0.2) is 9.37 Å². The van der Waals surface area contributed by atoms with Gasteiger partial charge in [0, 0.05) is 22.7 Å². The number of nitrogens with one attached hydrogen (secondary N) is 1. The van der Waals surface area contributed by atoms with E-state index in [1.54, 1.807) is 6.07 Å². The predicted octanol–water partition coefficient (Wildman–Crippen LogP) is 4.50. The van der Waals surface area contributed by atoms with Crippen LogP contribution < -0.4 is 15.6 Å². The van der Waals surface area contributed by atoms with Crippen molar-refractivity contribution in [2.75, 3.05) is 12.4 Å². The second-order valence-corrected chi connectivity index (χ2v) is 9.25. The molecule has 36 heavy (non-hydrogen) atoms. The Morgan fingerprint density at radius 2 is 2.17 bits per heavy atom. The fourth-order valence-electron chi connectivity index (χ4n) is 3.53. The number of halogens is 2.